The van der Waals surface area contributed by atoms with Crippen molar-refractivity contribution < 1.29 is 23.4 Å². The van der Waals surface area contributed by atoms with Crippen LogP contribution in [0.1, 0.15) is 5.82 Å². The van der Waals surface area contributed by atoms with Crippen LogP contribution in [0.3, 0.4) is 0 Å². The van der Waals surface area contributed by atoms with Crippen LogP contribution in [0.2, 0.25) is 0 Å². The molecule has 0 unspecified atom stereocenters. The van der Waals surface area contributed by atoms with Crippen LogP contribution in [-0.2, 0) is 28.0 Å². The minimum atomic E-state index is -3.30. The summed E-state index contributed by atoms with van der Waals surface area (Å²) in [6.07, 6.45) is 1.03. The number of aliphatic hydroxyl groups is 1. The predicted molar refractivity (Wildman–Crippen MR) is 67.2 cm³/mol. The number of carbonyl (C=O) groups is 1. The van der Waals surface area contributed by atoms with E-state index in [1.54, 1.807) is 0 Å². The second kappa shape index (κ2) is 6.84. The number of sulfonamides is 1. The Morgan fingerprint density at radius 2 is 2.16 bits per heavy atom. The van der Waals surface area contributed by atoms with Gasteiger partial charge >= 0.3 is 5.97 Å². The van der Waals surface area contributed by atoms with E-state index in [-0.39, 0.29) is 31.3 Å². The van der Waals surface area contributed by atoms with E-state index in [2.05, 4.69) is 14.9 Å². The highest BCUT2D eigenvalue weighted by molar-refractivity contribution is 7.99. The number of hydrogen-bond acceptors (Lipinski definition) is 7. The molecule has 1 rings (SSSR count). The molecule has 0 amide bonds. The molecule has 3 N–H and O–H groups in total. The number of nitrogens with zero attached hydrogens (tertiary/aromatic N) is 3. The molecule has 0 saturated carbocycles. The average Bonchev–Trinajstić information content (AvgIpc) is 2.67. The zero-order valence-corrected chi connectivity index (χ0v) is 11.7. The Morgan fingerprint density at radius 3 is 2.68 bits per heavy atom. The first-order valence-corrected chi connectivity index (χ1v) is 8.03. The third-order valence-electron chi connectivity index (χ3n) is 1.96. The van der Waals surface area contributed by atoms with Gasteiger partial charge < -0.3 is 14.8 Å². The summed E-state index contributed by atoms with van der Waals surface area (Å²) in [6, 6.07) is 0. The van der Waals surface area contributed by atoms with E-state index in [0.29, 0.717) is 5.16 Å². The summed E-state index contributed by atoms with van der Waals surface area (Å²) >= 11 is 0.951. The van der Waals surface area contributed by atoms with Crippen molar-refractivity contribution in [2.45, 2.75) is 18.3 Å². The second-order valence-corrected chi connectivity index (χ2v) is 6.33. The summed E-state index contributed by atoms with van der Waals surface area (Å²) in [4.78, 5) is 10.5. The molecule has 0 fully saturated rings. The Balaban J connectivity index is 2.72. The van der Waals surface area contributed by atoms with Crippen molar-refractivity contribution in [2.24, 2.45) is 0 Å². The number of aliphatic hydroxyl groups excluding tert-OH is 1. The van der Waals surface area contributed by atoms with Gasteiger partial charge in [0.25, 0.3) is 0 Å². The van der Waals surface area contributed by atoms with E-state index in [9.17, 15) is 13.2 Å². The predicted octanol–water partition coefficient (Wildman–Crippen LogP) is -1.50. The van der Waals surface area contributed by atoms with Crippen molar-refractivity contribution in [1.82, 2.24) is 19.5 Å². The molecule has 1 aromatic rings. The van der Waals surface area contributed by atoms with E-state index in [1.165, 1.54) is 4.57 Å². The van der Waals surface area contributed by atoms with Gasteiger partial charge in [-0.3, -0.25) is 4.79 Å². The molecule has 108 valence electrons. The third kappa shape index (κ3) is 5.55. The van der Waals surface area contributed by atoms with Crippen molar-refractivity contribution >= 4 is 27.8 Å². The zero-order chi connectivity index (χ0) is 14.5. The second-order valence-electron chi connectivity index (χ2n) is 3.56. The van der Waals surface area contributed by atoms with Gasteiger partial charge in [0.1, 0.15) is 6.61 Å². The third-order valence-corrected chi connectivity index (χ3v) is 3.64. The summed E-state index contributed by atoms with van der Waals surface area (Å²) in [5.41, 5.74) is 0. The van der Waals surface area contributed by atoms with Crippen molar-refractivity contribution in [3.63, 3.8) is 0 Å². The first-order valence-electron chi connectivity index (χ1n) is 5.15. The molecule has 1 heterocycles. The highest BCUT2D eigenvalue weighted by Gasteiger charge is 2.13. The SMILES string of the molecule is CS(=O)(=O)NCCn1c(CO)nnc1SCC(=O)O. The Bertz CT molecular complexity index is 541. The molecular formula is C8H14N4O5S2. The van der Waals surface area contributed by atoms with Gasteiger partial charge in [-0.15, -0.1) is 10.2 Å². The fourth-order valence-corrected chi connectivity index (χ4v) is 2.40. The summed E-state index contributed by atoms with van der Waals surface area (Å²) in [5, 5.41) is 25.4. The van der Waals surface area contributed by atoms with Crippen molar-refractivity contribution in [1.29, 1.82) is 0 Å². The van der Waals surface area contributed by atoms with Crippen LogP contribution in [0.5, 0.6) is 0 Å². The quantitative estimate of drug-likeness (QED) is 0.494. The van der Waals surface area contributed by atoms with Gasteiger partial charge in [0.05, 0.1) is 12.0 Å². The maximum absolute atomic E-state index is 10.9. The van der Waals surface area contributed by atoms with Crippen LogP contribution in [0.4, 0.5) is 0 Å². The minimum Gasteiger partial charge on any atom is -0.481 e. The Labute approximate surface area is 114 Å². The lowest BCUT2D eigenvalue weighted by Crippen LogP contribution is -2.26. The van der Waals surface area contributed by atoms with E-state index in [1.807, 2.05) is 0 Å². The van der Waals surface area contributed by atoms with E-state index >= 15 is 0 Å². The van der Waals surface area contributed by atoms with E-state index in [0.717, 1.165) is 18.0 Å². The van der Waals surface area contributed by atoms with Crippen LogP contribution >= 0.6 is 11.8 Å². The average molecular weight is 310 g/mol. The molecule has 1 aromatic heterocycles. The standard InChI is InChI=1S/C8H14N4O5S2/c1-19(16,17)9-2-3-12-6(4-13)10-11-8(12)18-5-7(14)15/h9,13H,2-5H2,1H3,(H,14,15). The molecule has 0 radical (unpaired) electrons. The highest BCUT2D eigenvalue weighted by atomic mass is 32.2. The Kier molecular flexibility index (Phi) is 5.72. The summed E-state index contributed by atoms with van der Waals surface area (Å²) in [7, 11) is -3.30. The lowest BCUT2D eigenvalue weighted by molar-refractivity contribution is -0.133. The number of hydrogen-bond donors (Lipinski definition) is 3. The fourth-order valence-electron chi connectivity index (χ4n) is 1.24. The Hall–Kier alpha value is -1.17. The van der Waals surface area contributed by atoms with Crippen LogP contribution in [0, 0.1) is 0 Å². The van der Waals surface area contributed by atoms with Gasteiger partial charge in [-0.1, -0.05) is 11.8 Å². The van der Waals surface area contributed by atoms with E-state index < -0.39 is 16.0 Å². The van der Waals surface area contributed by atoms with Gasteiger partial charge in [-0.05, 0) is 0 Å². The van der Waals surface area contributed by atoms with Crippen molar-refractivity contribution in [3.05, 3.63) is 5.82 Å². The number of nitrogens with one attached hydrogen (secondary N) is 1. The molecule has 0 aliphatic carbocycles. The molecule has 11 heteroatoms. The minimum absolute atomic E-state index is 0.102. The first-order chi connectivity index (χ1) is 8.83. The van der Waals surface area contributed by atoms with Crippen LogP contribution < -0.4 is 4.72 Å². The monoisotopic (exact) mass is 310 g/mol. The van der Waals surface area contributed by atoms with Crippen LogP contribution in [-0.4, -0.2) is 57.9 Å². The van der Waals surface area contributed by atoms with Gasteiger partial charge in [-0.25, -0.2) is 13.1 Å². The fraction of sp³-hybridized carbons (Fsp3) is 0.625. The largest absolute Gasteiger partial charge is 0.481 e. The summed E-state index contributed by atoms with van der Waals surface area (Å²) < 4.78 is 25.6. The van der Waals surface area contributed by atoms with E-state index in [4.69, 9.17) is 10.2 Å². The maximum Gasteiger partial charge on any atom is 0.313 e. The smallest absolute Gasteiger partial charge is 0.313 e. The molecule has 0 atom stereocenters. The van der Waals surface area contributed by atoms with Crippen LogP contribution in [0.15, 0.2) is 5.16 Å². The molecule has 0 saturated heterocycles. The lowest BCUT2D eigenvalue weighted by Gasteiger charge is -2.08. The molecule has 9 nitrogen and oxygen atoms in total. The number of aliphatic carboxylic acids is 1. The summed E-state index contributed by atoms with van der Waals surface area (Å²) in [6.45, 7) is -0.0536. The van der Waals surface area contributed by atoms with Gasteiger partial charge in [-0.2, -0.15) is 0 Å². The van der Waals surface area contributed by atoms with Crippen LogP contribution in [0.25, 0.3) is 0 Å². The molecule has 0 bridgehead atoms. The number of rotatable bonds is 8. The highest BCUT2D eigenvalue weighted by Crippen LogP contribution is 2.16. The molecule has 0 spiro atoms. The first kappa shape index (κ1) is 15.9. The molecular weight excluding hydrogens is 296 g/mol. The zero-order valence-electron chi connectivity index (χ0n) is 10.1. The topological polar surface area (TPSA) is 134 Å². The molecule has 19 heavy (non-hydrogen) atoms. The lowest BCUT2D eigenvalue weighted by atomic mass is 10.5. The van der Waals surface area contributed by atoms with Gasteiger partial charge in [0.2, 0.25) is 10.0 Å². The normalized spacial score (nSPS) is 11.7. The number of aromatic nitrogens is 3. The van der Waals surface area contributed by atoms with Crippen molar-refractivity contribution in [3.8, 4) is 0 Å². The number of carboxylic acids is 1. The van der Waals surface area contributed by atoms with Crippen molar-refractivity contribution in [2.75, 3.05) is 18.6 Å². The summed E-state index contributed by atoms with van der Waals surface area (Å²) in [5.74, 6) is -0.939. The molecule has 0 aromatic carbocycles. The number of thioether (sulfide) groups is 1. The van der Waals surface area contributed by atoms with Gasteiger partial charge in [0, 0.05) is 13.1 Å². The molecule has 0 aliphatic rings. The molecule has 0 aliphatic heterocycles. The number of carboxylic acid groups (broad SMARTS) is 1. The maximum atomic E-state index is 10.9. The van der Waals surface area contributed by atoms with Gasteiger partial charge in [0.15, 0.2) is 11.0 Å². The Morgan fingerprint density at radius 1 is 1.47 bits per heavy atom.